The molecule has 0 aliphatic carbocycles. The molecule has 0 heterocycles. The quantitative estimate of drug-likeness (QED) is 0.219. The van der Waals surface area contributed by atoms with Crippen molar-refractivity contribution in [1.82, 2.24) is 0 Å². The number of para-hydroxylation sites is 1. The summed E-state index contributed by atoms with van der Waals surface area (Å²) < 4.78 is 25.1. The largest absolute Gasteiger partial charge is 0.423 e. The third-order valence-electron chi connectivity index (χ3n) is 4.48. The van der Waals surface area contributed by atoms with Crippen molar-refractivity contribution in [3.8, 4) is 35.2 Å². The third-order valence-corrected chi connectivity index (χ3v) is 4.48. The number of hydrogen-bond acceptors (Lipinski definition) is 4. The molecular formula is C30H21FO4. The molecule has 3 aromatic rings. The van der Waals surface area contributed by atoms with Gasteiger partial charge in [-0.1, -0.05) is 55.0 Å². The summed E-state index contributed by atoms with van der Waals surface area (Å²) in [7, 11) is 0. The molecule has 5 heteroatoms. The number of rotatable bonds is 4. The van der Waals surface area contributed by atoms with E-state index in [9.17, 15) is 14.0 Å². The minimum atomic E-state index is -0.548. The summed E-state index contributed by atoms with van der Waals surface area (Å²) in [6, 6.07) is 17.9. The number of halogens is 1. The van der Waals surface area contributed by atoms with Gasteiger partial charge in [-0.3, -0.25) is 0 Å². The van der Waals surface area contributed by atoms with Crippen molar-refractivity contribution in [3.63, 3.8) is 0 Å². The Hall–Kier alpha value is -4.87. The second-order valence-corrected chi connectivity index (χ2v) is 7.56. The molecule has 0 saturated heterocycles. The van der Waals surface area contributed by atoms with E-state index in [1.807, 2.05) is 0 Å². The molecule has 172 valence electrons. The molecule has 0 radical (unpaired) electrons. The van der Waals surface area contributed by atoms with Crippen LogP contribution in [-0.2, 0) is 9.59 Å². The fourth-order valence-electron chi connectivity index (χ4n) is 2.65. The van der Waals surface area contributed by atoms with Crippen LogP contribution in [0.4, 0.5) is 4.39 Å². The van der Waals surface area contributed by atoms with E-state index in [1.54, 1.807) is 68.4 Å². The topological polar surface area (TPSA) is 52.6 Å². The zero-order valence-electron chi connectivity index (χ0n) is 19.3. The number of hydrogen-bond donors (Lipinski definition) is 0. The normalized spacial score (nSPS) is 9.57. The molecule has 0 N–H and O–H groups in total. The van der Waals surface area contributed by atoms with Crippen molar-refractivity contribution in [2.75, 3.05) is 0 Å². The van der Waals surface area contributed by atoms with Crippen LogP contribution in [-0.4, -0.2) is 11.9 Å². The van der Waals surface area contributed by atoms with Crippen molar-refractivity contribution in [2.45, 2.75) is 13.8 Å². The van der Waals surface area contributed by atoms with E-state index < -0.39 is 17.8 Å². The highest BCUT2D eigenvalue weighted by Gasteiger charge is 2.08. The molecule has 0 fully saturated rings. The molecule has 0 spiro atoms. The highest BCUT2D eigenvalue weighted by molar-refractivity contribution is 5.89. The Labute approximate surface area is 203 Å². The van der Waals surface area contributed by atoms with Gasteiger partial charge >= 0.3 is 11.9 Å². The van der Waals surface area contributed by atoms with Crippen molar-refractivity contribution in [1.29, 1.82) is 0 Å². The highest BCUT2D eigenvalue weighted by atomic mass is 19.1. The van der Waals surface area contributed by atoms with Crippen molar-refractivity contribution < 1.29 is 23.5 Å². The van der Waals surface area contributed by atoms with Gasteiger partial charge in [-0.2, -0.15) is 0 Å². The molecular weight excluding hydrogens is 443 g/mol. The van der Waals surface area contributed by atoms with Crippen LogP contribution in [0.2, 0.25) is 0 Å². The van der Waals surface area contributed by atoms with Gasteiger partial charge in [-0.05, 0) is 62.4 Å². The minimum absolute atomic E-state index is 0.190. The Bertz CT molecular complexity index is 1460. The van der Waals surface area contributed by atoms with Gasteiger partial charge < -0.3 is 9.47 Å². The molecule has 0 atom stereocenters. The first kappa shape index (κ1) is 24.8. The zero-order valence-corrected chi connectivity index (χ0v) is 19.3. The van der Waals surface area contributed by atoms with Gasteiger partial charge in [-0.25, -0.2) is 14.0 Å². The van der Waals surface area contributed by atoms with Gasteiger partial charge in [-0.15, -0.1) is 0 Å². The molecule has 3 aromatic carbocycles. The summed E-state index contributed by atoms with van der Waals surface area (Å²) >= 11 is 0. The molecule has 0 amide bonds. The van der Waals surface area contributed by atoms with E-state index in [4.69, 9.17) is 9.47 Å². The number of benzene rings is 3. The summed E-state index contributed by atoms with van der Waals surface area (Å²) in [5, 5.41) is 0. The van der Waals surface area contributed by atoms with Crippen LogP contribution in [0.5, 0.6) is 11.5 Å². The smallest absolute Gasteiger partial charge is 0.338 e. The lowest BCUT2D eigenvalue weighted by Crippen LogP contribution is -2.09. The fourth-order valence-corrected chi connectivity index (χ4v) is 2.65. The van der Waals surface area contributed by atoms with Crippen LogP contribution < -0.4 is 9.47 Å². The number of ether oxygens (including phenoxy) is 2. The maximum absolute atomic E-state index is 14.6. The second kappa shape index (κ2) is 11.3. The average Bonchev–Trinajstić information content (AvgIpc) is 2.83. The number of carbonyl (C=O) groups is 2. The predicted molar refractivity (Wildman–Crippen MR) is 132 cm³/mol. The van der Waals surface area contributed by atoms with Crippen LogP contribution in [0.1, 0.15) is 36.1 Å². The van der Waals surface area contributed by atoms with E-state index in [0.29, 0.717) is 28.2 Å². The first-order chi connectivity index (χ1) is 16.7. The van der Waals surface area contributed by atoms with E-state index >= 15 is 0 Å². The lowest BCUT2D eigenvalue weighted by atomic mass is 10.1. The van der Waals surface area contributed by atoms with Gasteiger partial charge in [0, 0.05) is 22.3 Å². The van der Waals surface area contributed by atoms with Crippen LogP contribution in [0, 0.1) is 29.5 Å². The third kappa shape index (κ3) is 7.05. The molecule has 4 nitrogen and oxygen atoms in total. The molecule has 0 aromatic heterocycles. The van der Waals surface area contributed by atoms with Gasteiger partial charge in [0.1, 0.15) is 17.3 Å². The zero-order chi connectivity index (χ0) is 25.4. The maximum Gasteiger partial charge on any atom is 0.338 e. The van der Waals surface area contributed by atoms with E-state index in [-0.39, 0.29) is 16.7 Å². The van der Waals surface area contributed by atoms with E-state index in [0.717, 1.165) is 0 Å². The number of esters is 2. The summed E-state index contributed by atoms with van der Waals surface area (Å²) in [6.45, 7) is 10.2. The Morgan fingerprint density at radius 1 is 0.714 bits per heavy atom. The lowest BCUT2D eigenvalue weighted by molar-refractivity contribution is -0.130. The monoisotopic (exact) mass is 464 g/mol. The highest BCUT2D eigenvalue weighted by Crippen LogP contribution is 2.19. The number of carbonyl (C=O) groups excluding carboxylic acids is 2. The Morgan fingerprint density at radius 2 is 1.34 bits per heavy atom. The predicted octanol–water partition coefficient (Wildman–Crippen LogP) is 5.59. The summed E-state index contributed by atoms with van der Waals surface area (Å²) in [5.41, 5.74) is 2.22. The van der Waals surface area contributed by atoms with Crippen molar-refractivity contribution >= 4 is 11.9 Å². The van der Waals surface area contributed by atoms with Crippen LogP contribution >= 0.6 is 0 Å². The van der Waals surface area contributed by atoms with Crippen LogP contribution in [0.3, 0.4) is 0 Å². The lowest BCUT2D eigenvalue weighted by Gasteiger charge is -2.05. The summed E-state index contributed by atoms with van der Waals surface area (Å²) in [5.74, 6) is 10.4. The SMILES string of the molecule is C=C(C)C(=O)Oc1cccc(C#Cc2ccc(C#Cc3ccccc3OC(=O)C(=C)C)cc2F)c1. The molecule has 3 rings (SSSR count). The van der Waals surface area contributed by atoms with E-state index in [1.165, 1.54) is 12.1 Å². The fraction of sp³-hybridized carbons (Fsp3) is 0.0667. The summed E-state index contributed by atoms with van der Waals surface area (Å²) in [4.78, 5) is 23.5. The molecule has 0 aliphatic rings. The first-order valence-electron chi connectivity index (χ1n) is 10.5. The minimum Gasteiger partial charge on any atom is -0.423 e. The van der Waals surface area contributed by atoms with Gasteiger partial charge in [0.15, 0.2) is 0 Å². The molecule has 0 saturated carbocycles. The Balaban J connectivity index is 1.78. The average molecular weight is 464 g/mol. The van der Waals surface area contributed by atoms with E-state index in [2.05, 4.69) is 36.8 Å². The van der Waals surface area contributed by atoms with Crippen LogP contribution in [0.25, 0.3) is 0 Å². The van der Waals surface area contributed by atoms with Gasteiger partial charge in [0.25, 0.3) is 0 Å². The molecule has 0 unspecified atom stereocenters. The van der Waals surface area contributed by atoms with Gasteiger partial charge in [0.2, 0.25) is 0 Å². The molecule has 0 aliphatic heterocycles. The first-order valence-corrected chi connectivity index (χ1v) is 10.5. The van der Waals surface area contributed by atoms with Crippen molar-refractivity contribution in [2.24, 2.45) is 0 Å². The van der Waals surface area contributed by atoms with Crippen LogP contribution in [0.15, 0.2) is 91.0 Å². The van der Waals surface area contributed by atoms with Crippen molar-refractivity contribution in [3.05, 3.63) is 119 Å². The second-order valence-electron chi connectivity index (χ2n) is 7.56. The van der Waals surface area contributed by atoms with Gasteiger partial charge in [0.05, 0.1) is 11.1 Å². The maximum atomic E-state index is 14.6. The standard InChI is InChI=1S/C30H21FO4/c1-20(2)29(32)34-26-10-7-8-22(18-26)12-15-24-16-13-23(19-27(24)31)14-17-25-9-5-6-11-28(25)35-30(33)21(3)4/h5-11,13,16,18-19H,1,3H2,2,4H3. The Kier molecular flexibility index (Phi) is 8.01. The molecule has 35 heavy (non-hydrogen) atoms. The summed E-state index contributed by atoms with van der Waals surface area (Å²) in [6.07, 6.45) is 0. The molecule has 0 bridgehead atoms. The Morgan fingerprint density at radius 3 is 2.03 bits per heavy atom.